The molecular formula is C21H33ClN4O2. The maximum atomic E-state index is 12.9. The smallest absolute Gasteiger partial charge is 0.321 e. The van der Waals surface area contributed by atoms with E-state index in [4.69, 9.17) is 0 Å². The van der Waals surface area contributed by atoms with Crippen LogP contribution >= 0.6 is 12.4 Å². The van der Waals surface area contributed by atoms with Crippen LogP contribution < -0.4 is 10.6 Å². The lowest BCUT2D eigenvalue weighted by atomic mass is 9.93. The number of urea groups is 1. The zero-order valence-electron chi connectivity index (χ0n) is 16.9. The van der Waals surface area contributed by atoms with Gasteiger partial charge in [0.1, 0.15) is 0 Å². The Labute approximate surface area is 174 Å². The highest BCUT2D eigenvalue weighted by atomic mass is 35.5. The van der Waals surface area contributed by atoms with Gasteiger partial charge in [0.2, 0.25) is 5.91 Å². The number of likely N-dealkylation sites (tertiary alicyclic amines) is 2. The fourth-order valence-electron chi connectivity index (χ4n) is 4.19. The second-order valence-corrected chi connectivity index (χ2v) is 7.91. The maximum Gasteiger partial charge on any atom is 0.321 e. The first-order valence-corrected chi connectivity index (χ1v) is 10.1. The van der Waals surface area contributed by atoms with E-state index in [0.717, 1.165) is 56.6 Å². The predicted molar refractivity (Wildman–Crippen MR) is 115 cm³/mol. The van der Waals surface area contributed by atoms with Crippen molar-refractivity contribution in [3.63, 3.8) is 0 Å². The van der Waals surface area contributed by atoms with Crippen LogP contribution in [0.3, 0.4) is 0 Å². The number of nitrogens with one attached hydrogen (secondary N) is 2. The number of rotatable bonds is 4. The number of halogens is 1. The highest BCUT2D eigenvalue weighted by molar-refractivity contribution is 5.90. The van der Waals surface area contributed by atoms with Crippen LogP contribution in [0.4, 0.5) is 10.5 Å². The van der Waals surface area contributed by atoms with Crippen molar-refractivity contribution in [3.05, 3.63) is 29.8 Å². The predicted octanol–water partition coefficient (Wildman–Crippen LogP) is 3.12. The summed E-state index contributed by atoms with van der Waals surface area (Å²) in [5, 5.41) is 6.20. The molecule has 1 aromatic carbocycles. The number of aryl methyl sites for hydroxylation is 1. The third-order valence-corrected chi connectivity index (χ3v) is 5.75. The molecule has 1 unspecified atom stereocenters. The molecule has 3 rings (SSSR count). The summed E-state index contributed by atoms with van der Waals surface area (Å²) in [6, 6.07) is 7.69. The van der Waals surface area contributed by atoms with Crippen LogP contribution in [0, 0.1) is 18.8 Å². The molecule has 0 bridgehead atoms. The second kappa shape index (κ2) is 10.7. The van der Waals surface area contributed by atoms with Gasteiger partial charge < -0.3 is 20.4 Å². The van der Waals surface area contributed by atoms with E-state index in [-0.39, 0.29) is 30.3 Å². The number of piperidine rings is 2. The normalized spacial score (nSPS) is 20.4. The summed E-state index contributed by atoms with van der Waals surface area (Å²) < 4.78 is 0. The van der Waals surface area contributed by atoms with E-state index < -0.39 is 0 Å². The van der Waals surface area contributed by atoms with Gasteiger partial charge in [-0.25, -0.2) is 4.79 Å². The zero-order valence-corrected chi connectivity index (χ0v) is 17.8. The third-order valence-electron chi connectivity index (χ3n) is 5.75. The number of carbonyl (C=O) groups is 2. The molecule has 1 aromatic rings. The molecule has 0 aromatic heterocycles. The standard InChI is InChI=1S/C21H32N4O2.ClH/c1-16-5-3-7-19(13-16)23-21(27)25-10-4-6-18(15-25)20(26)24-11-8-17(9-12-24)14-22-2;/h3,5,7,13,17-18,22H,4,6,8-12,14-15H2,1-2H3,(H,23,27);1H. The van der Waals surface area contributed by atoms with Gasteiger partial charge in [0, 0.05) is 31.9 Å². The molecule has 0 spiro atoms. The summed E-state index contributed by atoms with van der Waals surface area (Å²) in [4.78, 5) is 29.4. The lowest BCUT2D eigenvalue weighted by molar-refractivity contribution is -0.138. The van der Waals surface area contributed by atoms with E-state index in [1.165, 1.54) is 0 Å². The first-order chi connectivity index (χ1) is 13.1. The van der Waals surface area contributed by atoms with Crippen molar-refractivity contribution in [2.24, 2.45) is 11.8 Å². The van der Waals surface area contributed by atoms with Gasteiger partial charge in [-0.1, -0.05) is 12.1 Å². The number of amides is 3. The van der Waals surface area contributed by atoms with E-state index in [2.05, 4.69) is 10.6 Å². The van der Waals surface area contributed by atoms with Crippen molar-refractivity contribution < 1.29 is 9.59 Å². The first kappa shape index (κ1) is 22.5. The van der Waals surface area contributed by atoms with Crippen LogP contribution in [0.15, 0.2) is 24.3 Å². The zero-order chi connectivity index (χ0) is 19.2. The molecule has 2 N–H and O–H groups in total. The van der Waals surface area contributed by atoms with E-state index in [1.807, 2.05) is 43.1 Å². The number of carbonyl (C=O) groups excluding carboxylic acids is 2. The summed E-state index contributed by atoms with van der Waals surface area (Å²) in [6.07, 6.45) is 3.89. The Morgan fingerprint density at radius 2 is 1.86 bits per heavy atom. The molecule has 156 valence electrons. The van der Waals surface area contributed by atoms with Crippen LogP contribution in [-0.4, -0.2) is 61.5 Å². The van der Waals surface area contributed by atoms with Crippen molar-refractivity contribution >= 4 is 30.0 Å². The number of anilines is 1. The Morgan fingerprint density at radius 3 is 2.54 bits per heavy atom. The topological polar surface area (TPSA) is 64.7 Å². The highest BCUT2D eigenvalue weighted by Gasteiger charge is 2.32. The minimum absolute atomic E-state index is 0. The molecular weight excluding hydrogens is 376 g/mol. The summed E-state index contributed by atoms with van der Waals surface area (Å²) in [6.45, 7) is 5.95. The lowest BCUT2D eigenvalue weighted by Gasteiger charge is -2.37. The molecule has 7 heteroatoms. The minimum Gasteiger partial charge on any atom is -0.342 e. The lowest BCUT2D eigenvalue weighted by Crippen LogP contribution is -2.49. The average Bonchev–Trinajstić information content (AvgIpc) is 2.68. The van der Waals surface area contributed by atoms with Crippen LogP contribution in [0.1, 0.15) is 31.2 Å². The molecule has 2 saturated heterocycles. The van der Waals surface area contributed by atoms with Crippen molar-refractivity contribution in [2.45, 2.75) is 32.6 Å². The monoisotopic (exact) mass is 408 g/mol. The van der Waals surface area contributed by atoms with Crippen LogP contribution in [0.2, 0.25) is 0 Å². The molecule has 2 heterocycles. The van der Waals surface area contributed by atoms with Gasteiger partial charge in [0.25, 0.3) is 0 Å². The van der Waals surface area contributed by atoms with Crippen LogP contribution in [0.25, 0.3) is 0 Å². The maximum absolute atomic E-state index is 12.9. The number of nitrogens with zero attached hydrogens (tertiary/aromatic N) is 2. The molecule has 3 amide bonds. The fraction of sp³-hybridized carbons (Fsp3) is 0.619. The number of hydrogen-bond acceptors (Lipinski definition) is 3. The summed E-state index contributed by atoms with van der Waals surface area (Å²) in [5.41, 5.74) is 1.92. The second-order valence-electron chi connectivity index (χ2n) is 7.91. The van der Waals surface area contributed by atoms with Gasteiger partial charge in [-0.15, -0.1) is 12.4 Å². The molecule has 2 fully saturated rings. The van der Waals surface area contributed by atoms with E-state index >= 15 is 0 Å². The van der Waals surface area contributed by atoms with Crippen LogP contribution in [0.5, 0.6) is 0 Å². The van der Waals surface area contributed by atoms with Gasteiger partial charge in [-0.05, 0) is 69.8 Å². The Balaban J connectivity index is 0.00000280. The first-order valence-electron chi connectivity index (χ1n) is 10.1. The van der Waals surface area contributed by atoms with E-state index in [1.54, 1.807) is 4.90 Å². The third kappa shape index (κ3) is 5.85. The quantitative estimate of drug-likeness (QED) is 0.804. The molecule has 1 atom stereocenters. The fourth-order valence-corrected chi connectivity index (χ4v) is 4.19. The molecule has 2 aliphatic rings. The summed E-state index contributed by atoms with van der Waals surface area (Å²) in [7, 11) is 1.98. The molecule has 6 nitrogen and oxygen atoms in total. The summed E-state index contributed by atoms with van der Waals surface area (Å²) in [5.74, 6) is 0.829. The molecule has 0 aliphatic carbocycles. The van der Waals surface area contributed by atoms with Gasteiger partial charge >= 0.3 is 6.03 Å². The van der Waals surface area contributed by atoms with Gasteiger partial charge in [0.15, 0.2) is 0 Å². The van der Waals surface area contributed by atoms with Crippen molar-refractivity contribution in [2.75, 3.05) is 45.1 Å². The van der Waals surface area contributed by atoms with Crippen molar-refractivity contribution in [3.8, 4) is 0 Å². The highest BCUT2D eigenvalue weighted by Crippen LogP contribution is 2.23. The van der Waals surface area contributed by atoms with Gasteiger partial charge in [-0.2, -0.15) is 0 Å². The number of hydrogen-bond donors (Lipinski definition) is 2. The van der Waals surface area contributed by atoms with Crippen molar-refractivity contribution in [1.82, 2.24) is 15.1 Å². The summed E-state index contributed by atoms with van der Waals surface area (Å²) >= 11 is 0. The van der Waals surface area contributed by atoms with Crippen molar-refractivity contribution in [1.29, 1.82) is 0 Å². The van der Waals surface area contributed by atoms with Crippen LogP contribution in [-0.2, 0) is 4.79 Å². The Hall–Kier alpha value is -1.79. The Bertz CT molecular complexity index is 662. The Morgan fingerprint density at radius 1 is 1.11 bits per heavy atom. The molecule has 28 heavy (non-hydrogen) atoms. The average molecular weight is 409 g/mol. The minimum atomic E-state index is -0.106. The SMILES string of the molecule is CNCC1CCN(C(=O)C2CCCN(C(=O)Nc3cccc(C)c3)C2)CC1.Cl. The largest absolute Gasteiger partial charge is 0.342 e. The molecule has 0 saturated carbocycles. The molecule has 0 radical (unpaired) electrons. The molecule has 2 aliphatic heterocycles. The Kier molecular flexibility index (Phi) is 8.58. The number of benzene rings is 1. The van der Waals surface area contributed by atoms with Gasteiger partial charge in [-0.3, -0.25) is 4.79 Å². The van der Waals surface area contributed by atoms with E-state index in [9.17, 15) is 9.59 Å². The van der Waals surface area contributed by atoms with E-state index in [0.29, 0.717) is 19.0 Å². The van der Waals surface area contributed by atoms with Gasteiger partial charge in [0.05, 0.1) is 5.92 Å².